The standard InChI is InChI=1S/8CHNS.Th/c8*2-1-3;/h8*3H;/q;;;;;;;;+4/p-8. The third-order valence-electron chi connectivity index (χ3n) is 0. The van der Waals surface area contributed by atoms with Gasteiger partial charge < -0.3 is 101 Å². The van der Waals surface area contributed by atoms with Crippen LogP contribution in [0.5, 0.6) is 0 Å². The van der Waals surface area contributed by atoms with Crippen molar-refractivity contribution in [3.8, 4) is 43.2 Å². The average molecular weight is 697 g/mol. The quantitative estimate of drug-likeness (QED) is 0.245. The van der Waals surface area contributed by atoms with Crippen LogP contribution in [0.3, 0.4) is 0 Å². The number of nitrogens with zero attached hydrogens (tertiary/aromatic N) is 8. The maximum Gasteiger partial charge on any atom is 4.00 e. The molecule has 0 amide bonds. The monoisotopic (exact) mass is 696 g/mol. The normalized spacial score (nSPS) is 2.24. The van der Waals surface area contributed by atoms with Gasteiger partial charge in [-0.1, -0.05) is 43.2 Å². The minimum atomic E-state index is 0. The molecule has 128 valence electrons. The predicted octanol–water partition coefficient (Wildman–Crippen LogP) is 0.115. The summed E-state index contributed by atoms with van der Waals surface area (Å²) in [5.41, 5.74) is 0. The van der Waals surface area contributed by atoms with Crippen molar-refractivity contribution < 1.29 is 39.9 Å². The third kappa shape index (κ3) is 10200. The van der Waals surface area contributed by atoms with E-state index in [2.05, 4.69) is 101 Å². The summed E-state index contributed by atoms with van der Waals surface area (Å²) in [6, 6.07) is 0. The third-order valence-corrected chi connectivity index (χ3v) is 0. The summed E-state index contributed by atoms with van der Waals surface area (Å²) in [4.78, 5) is 0. The summed E-state index contributed by atoms with van der Waals surface area (Å²) in [6.45, 7) is 0. The molecule has 0 aliphatic heterocycles. The van der Waals surface area contributed by atoms with Gasteiger partial charge in [0.05, 0.1) is 0 Å². The van der Waals surface area contributed by atoms with Crippen molar-refractivity contribution in [3.63, 3.8) is 0 Å². The summed E-state index contributed by atoms with van der Waals surface area (Å²) in [6.07, 6.45) is 0. The summed E-state index contributed by atoms with van der Waals surface area (Å²) >= 11 is 29.6. The molecule has 0 atom stereocenters. The molecule has 0 saturated heterocycles. The molecule has 0 aliphatic carbocycles. The zero-order chi connectivity index (χ0) is 21.7. The van der Waals surface area contributed by atoms with E-state index in [-0.39, 0.29) is 39.9 Å². The Labute approximate surface area is 223 Å². The van der Waals surface area contributed by atoms with E-state index in [0.29, 0.717) is 0 Å². The van der Waals surface area contributed by atoms with Gasteiger partial charge in [0.25, 0.3) is 0 Å². The van der Waals surface area contributed by atoms with E-state index in [1.165, 1.54) is 43.2 Å². The fourth-order valence-corrected chi connectivity index (χ4v) is 0. The number of thiocyanates is 8. The maximum absolute atomic E-state index is 7.13. The Morgan fingerprint density at radius 2 is 0.280 bits per heavy atom. The van der Waals surface area contributed by atoms with Crippen LogP contribution >= 0.6 is 0 Å². The molecule has 0 aliphatic rings. The first kappa shape index (κ1) is 56.4. The van der Waals surface area contributed by atoms with E-state index in [1.807, 2.05) is 0 Å². The van der Waals surface area contributed by atoms with Gasteiger partial charge in [0, 0.05) is 0 Å². The van der Waals surface area contributed by atoms with Gasteiger partial charge in [0.1, 0.15) is 0 Å². The predicted molar refractivity (Wildman–Crippen MR) is 104 cm³/mol. The van der Waals surface area contributed by atoms with E-state index in [9.17, 15) is 0 Å². The van der Waals surface area contributed by atoms with Crippen molar-refractivity contribution in [1.82, 2.24) is 0 Å². The molecule has 0 saturated carbocycles. The van der Waals surface area contributed by atoms with Crippen LogP contribution in [0, 0.1) is 125 Å². The number of hydrogen-bond acceptors (Lipinski definition) is 16. The number of hydrogen-bond donors (Lipinski definition) is 0. The second kappa shape index (κ2) is 227. The van der Waals surface area contributed by atoms with Gasteiger partial charge in [-0.15, -0.1) is 0 Å². The van der Waals surface area contributed by atoms with Crippen LogP contribution in [-0.4, -0.2) is 0 Å². The minimum Gasteiger partial charge on any atom is -0.696 e. The fourth-order valence-electron chi connectivity index (χ4n) is 0. The molecule has 0 radical (unpaired) electrons. The van der Waals surface area contributed by atoms with Crippen LogP contribution in [-0.2, 0) is 101 Å². The molecule has 0 aromatic carbocycles. The average Bonchev–Trinajstić information content (AvgIpc) is 2.45. The Morgan fingerprint density at radius 1 is 0.280 bits per heavy atom. The molecule has 0 aromatic rings. The Hall–Kier alpha value is -0.995. The van der Waals surface area contributed by atoms with E-state index < -0.39 is 0 Å². The molecule has 0 aromatic heterocycles. The Kier molecular flexibility index (Phi) is 512. The summed E-state index contributed by atoms with van der Waals surface area (Å²) < 4.78 is 0. The van der Waals surface area contributed by atoms with Crippen molar-refractivity contribution >= 4 is 101 Å². The summed E-state index contributed by atoms with van der Waals surface area (Å²) in [7, 11) is 0. The van der Waals surface area contributed by atoms with Crippen LogP contribution in [0.4, 0.5) is 0 Å². The van der Waals surface area contributed by atoms with Gasteiger partial charge in [-0.3, -0.25) is 0 Å². The first-order valence-electron chi connectivity index (χ1n) is 3.42. The van der Waals surface area contributed by atoms with Gasteiger partial charge >= 0.3 is 39.9 Å². The van der Waals surface area contributed by atoms with E-state index >= 15 is 0 Å². The molecule has 17 heteroatoms. The number of rotatable bonds is 0. The second-order valence-electron chi connectivity index (χ2n) is 0.730. The molecule has 25 heavy (non-hydrogen) atoms. The van der Waals surface area contributed by atoms with Gasteiger partial charge in [-0.25, -0.2) is 42.1 Å². The fraction of sp³-hybridized carbons (Fsp3) is 0. The smallest absolute Gasteiger partial charge is 0.696 e. The maximum atomic E-state index is 7.13. The zero-order valence-electron chi connectivity index (χ0n) is 11.3. The van der Waals surface area contributed by atoms with E-state index in [0.717, 1.165) is 0 Å². The summed E-state index contributed by atoms with van der Waals surface area (Å²) in [5.74, 6) is 0. The molecule has 0 unspecified atom stereocenters. The van der Waals surface area contributed by atoms with Crippen LogP contribution < -0.4 is 0 Å². The molecule has 8 nitrogen and oxygen atoms in total. The second-order valence-corrected chi connectivity index (χ2v) is 2.19. The van der Waals surface area contributed by atoms with Gasteiger partial charge in [-0.05, 0) is 0 Å². The molecule has 0 fully saturated rings. The van der Waals surface area contributed by atoms with Gasteiger partial charge in [0.2, 0.25) is 0 Å². The summed E-state index contributed by atoms with van der Waals surface area (Å²) in [5, 5.41) is 67.7. The topological polar surface area (TPSA) is 190 Å². The number of nitriles is 8. The zero-order valence-corrected chi connectivity index (χ0v) is 22.0. The molecule has 0 spiro atoms. The molecular weight excluding hydrogens is 697 g/mol. The van der Waals surface area contributed by atoms with Crippen LogP contribution in [0.1, 0.15) is 0 Å². The van der Waals surface area contributed by atoms with Gasteiger partial charge in [-0.2, -0.15) is 0 Å². The Bertz CT molecular complexity index is 360. The molecule has 0 bridgehead atoms. The van der Waals surface area contributed by atoms with Crippen LogP contribution in [0.25, 0.3) is 0 Å². The minimum absolute atomic E-state index is 0. The van der Waals surface area contributed by atoms with Crippen molar-refractivity contribution in [2.24, 2.45) is 0 Å². The van der Waals surface area contributed by atoms with Crippen molar-refractivity contribution in [3.05, 3.63) is 0 Å². The molecule has 0 heterocycles. The van der Waals surface area contributed by atoms with E-state index in [1.54, 1.807) is 0 Å². The SMILES string of the molecule is N#C[S-].N#C[S-].N#C[S-].N#C[S-].N#C[S-].N#C[S-].N#C[S-].N#C[S-].[Th+4]. The first-order valence-corrected chi connectivity index (χ1v) is 6.69. The van der Waals surface area contributed by atoms with Crippen molar-refractivity contribution in [2.75, 3.05) is 0 Å². The van der Waals surface area contributed by atoms with Crippen LogP contribution in [0.2, 0.25) is 0 Å². The molecular formula is C8N8S8Th-4. The van der Waals surface area contributed by atoms with Crippen molar-refractivity contribution in [2.45, 2.75) is 0 Å². The van der Waals surface area contributed by atoms with Crippen LogP contribution in [0.15, 0.2) is 0 Å². The van der Waals surface area contributed by atoms with E-state index in [4.69, 9.17) is 42.1 Å². The first-order chi connectivity index (χ1) is 11.3. The Morgan fingerprint density at radius 3 is 0.280 bits per heavy atom. The molecule has 0 rings (SSSR count). The van der Waals surface area contributed by atoms with Crippen molar-refractivity contribution in [1.29, 1.82) is 42.1 Å². The van der Waals surface area contributed by atoms with Gasteiger partial charge in [0.15, 0.2) is 0 Å². The molecule has 0 N–H and O–H groups in total. The largest absolute Gasteiger partial charge is 4.00 e. The Balaban J connectivity index is -0.0000000166.